The minimum absolute atomic E-state index is 0.304. The Labute approximate surface area is 197 Å². The van der Waals surface area contributed by atoms with Crippen molar-refractivity contribution in [2.75, 3.05) is 30.9 Å². The molecule has 5 nitrogen and oxygen atoms in total. The van der Waals surface area contributed by atoms with Crippen molar-refractivity contribution in [3.63, 3.8) is 0 Å². The van der Waals surface area contributed by atoms with Crippen LogP contribution in [0.5, 0.6) is 0 Å². The predicted octanol–water partition coefficient (Wildman–Crippen LogP) is 5.78. The lowest BCUT2D eigenvalue weighted by atomic mass is 9.88. The summed E-state index contributed by atoms with van der Waals surface area (Å²) >= 11 is 1.76. The van der Waals surface area contributed by atoms with E-state index in [9.17, 15) is 4.79 Å². The molecule has 1 aromatic heterocycles. The molecule has 0 atom stereocenters. The second-order valence-electron chi connectivity index (χ2n) is 10.3. The van der Waals surface area contributed by atoms with E-state index in [0.717, 1.165) is 57.8 Å². The molecule has 0 spiro atoms. The molecule has 1 saturated carbocycles. The quantitative estimate of drug-likeness (QED) is 0.581. The molecular weight excluding hydrogens is 416 g/mol. The Bertz CT molecular complexity index is 935. The number of rotatable bonds is 5. The van der Waals surface area contributed by atoms with Gasteiger partial charge in [0, 0.05) is 74.1 Å². The average molecular weight is 455 g/mol. The van der Waals surface area contributed by atoms with Crippen molar-refractivity contribution in [1.29, 1.82) is 0 Å². The summed E-state index contributed by atoms with van der Waals surface area (Å²) in [5.41, 5.74) is 3.94. The summed E-state index contributed by atoms with van der Waals surface area (Å²) in [4.78, 5) is 15.0. The molecule has 2 aliphatic heterocycles. The standard InChI is InChI=1S/C26H38N4OS/c1-19-9-15-30(16-10-19)32-27-22-7-8-25-23(17-22)24(18-28(25)2)20-11-13-29(14-12-20)26(31)21-5-3-4-6-21/h7-8,17-21,27H,3-6,9-16H2,1-2H3. The molecule has 174 valence electrons. The van der Waals surface area contributed by atoms with Crippen LogP contribution in [-0.2, 0) is 11.8 Å². The van der Waals surface area contributed by atoms with Crippen molar-refractivity contribution < 1.29 is 4.79 Å². The number of hydrogen-bond donors (Lipinski definition) is 1. The molecule has 0 unspecified atom stereocenters. The summed E-state index contributed by atoms with van der Waals surface area (Å²) in [6.07, 6.45) is 11.7. The highest BCUT2D eigenvalue weighted by Gasteiger charge is 2.31. The Morgan fingerprint density at radius 1 is 1.00 bits per heavy atom. The maximum atomic E-state index is 12.8. The van der Waals surface area contributed by atoms with E-state index >= 15 is 0 Å². The van der Waals surface area contributed by atoms with E-state index in [2.05, 4.69) is 56.9 Å². The summed E-state index contributed by atoms with van der Waals surface area (Å²) < 4.78 is 8.31. The van der Waals surface area contributed by atoms with Gasteiger partial charge in [0.2, 0.25) is 5.91 Å². The lowest BCUT2D eigenvalue weighted by Crippen LogP contribution is -2.40. The SMILES string of the molecule is CC1CCN(SNc2ccc3c(c2)c(C2CCN(C(=O)C4CCCC4)CC2)cn3C)CC1. The number of amides is 1. The Morgan fingerprint density at radius 3 is 2.44 bits per heavy atom. The average Bonchev–Trinajstić information content (AvgIpc) is 3.47. The van der Waals surface area contributed by atoms with Crippen molar-refractivity contribution in [1.82, 2.24) is 13.8 Å². The van der Waals surface area contributed by atoms with E-state index in [1.165, 1.54) is 47.8 Å². The maximum absolute atomic E-state index is 12.8. The van der Waals surface area contributed by atoms with Crippen molar-refractivity contribution in [3.05, 3.63) is 30.0 Å². The molecule has 2 saturated heterocycles. The van der Waals surface area contributed by atoms with Crippen LogP contribution in [0.15, 0.2) is 24.4 Å². The van der Waals surface area contributed by atoms with Gasteiger partial charge in [0.1, 0.15) is 0 Å². The lowest BCUT2D eigenvalue weighted by Gasteiger charge is -2.33. The molecule has 0 radical (unpaired) electrons. The Hall–Kier alpha value is -1.66. The van der Waals surface area contributed by atoms with E-state index in [0.29, 0.717) is 17.7 Å². The van der Waals surface area contributed by atoms with Gasteiger partial charge in [0.25, 0.3) is 0 Å². The van der Waals surface area contributed by atoms with E-state index in [4.69, 9.17) is 0 Å². The number of aromatic nitrogens is 1. The minimum Gasteiger partial charge on any atom is -0.350 e. The molecule has 1 aliphatic carbocycles. The van der Waals surface area contributed by atoms with Crippen LogP contribution in [0.3, 0.4) is 0 Å². The molecular formula is C26H38N4OS. The first kappa shape index (κ1) is 22.1. The molecule has 1 N–H and O–H groups in total. The largest absolute Gasteiger partial charge is 0.350 e. The van der Waals surface area contributed by atoms with Crippen LogP contribution in [0.4, 0.5) is 5.69 Å². The fourth-order valence-corrected chi connectivity index (χ4v) is 6.60. The summed E-state index contributed by atoms with van der Waals surface area (Å²) in [5, 5.41) is 1.37. The fraction of sp³-hybridized carbons (Fsp3) is 0.654. The third-order valence-corrected chi connectivity index (χ3v) is 8.96. The zero-order valence-electron chi connectivity index (χ0n) is 19.7. The van der Waals surface area contributed by atoms with Crippen LogP contribution >= 0.6 is 12.1 Å². The van der Waals surface area contributed by atoms with Crippen molar-refractivity contribution in [2.24, 2.45) is 18.9 Å². The van der Waals surface area contributed by atoms with Gasteiger partial charge in [-0.2, -0.15) is 0 Å². The molecule has 1 aromatic carbocycles. The van der Waals surface area contributed by atoms with Gasteiger partial charge in [-0.3, -0.25) is 4.79 Å². The number of hydrogen-bond acceptors (Lipinski definition) is 4. The van der Waals surface area contributed by atoms with Gasteiger partial charge in [0.15, 0.2) is 0 Å². The normalized spacial score (nSPS) is 22.1. The van der Waals surface area contributed by atoms with Crippen LogP contribution in [-0.4, -0.2) is 45.9 Å². The van der Waals surface area contributed by atoms with Crippen LogP contribution in [0, 0.1) is 11.8 Å². The summed E-state index contributed by atoms with van der Waals surface area (Å²) in [7, 11) is 2.15. The zero-order valence-corrected chi connectivity index (χ0v) is 20.5. The van der Waals surface area contributed by atoms with Gasteiger partial charge in [-0.1, -0.05) is 19.8 Å². The Balaban J connectivity index is 1.25. The van der Waals surface area contributed by atoms with Gasteiger partial charge < -0.3 is 14.2 Å². The first-order chi connectivity index (χ1) is 15.6. The van der Waals surface area contributed by atoms with Gasteiger partial charge in [0.05, 0.1) is 0 Å². The first-order valence-corrected chi connectivity index (χ1v) is 13.4. The lowest BCUT2D eigenvalue weighted by molar-refractivity contribution is -0.136. The van der Waals surface area contributed by atoms with Crippen LogP contribution in [0.1, 0.15) is 69.8 Å². The van der Waals surface area contributed by atoms with E-state index in [1.54, 1.807) is 12.1 Å². The highest BCUT2D eigenvalue weighted by molar-refractivity contribution is 7.98. The number of piperidine rings is 2. The number of benzene rings is 1. The molecule has 3 heterocycles. The van der Waals surface area contributed by atoms with Gasteiger partial charge in [-0.25, -0.2) is 4.31 Å². The highest BCUT2D eigenvalue weighted by atomic mass is 32.2. The van der Waals surface area contributed by atoms with Crippen LogP contribution in [0.25, 0.3) is 10.9 Å². The number of nitrogens with one attached hydrogen (secondary N) is 1. The summed E-state index contributed by atoms with van der Waals surface area (Å²) in [6, 6.07) is 6.79. The number of likely N-dealkylation sites (tertiary alicyclic amines) is 1. The van der Waals surface area contributed by atoms with E-state index in [1.807, 2.05) is 0 Å². The second kappa shape index (κ2) is 9.68. The highest BCUT2D eigenvalue weighted by Crippen LogP contribution is 2.37. The van der Waals surface area contributed by atoms with E-state index < -0.39 is 0 Å². The monoisotopic (exact) mass is 454 g/mol. The number of nitrogens with zero attached hydrogens (tertiary/aromatic N) is 3. The molecule has 0 bridgehead atoms. The van der Waals surface area contributed by atoms with Gasteiger partial charge >= 0.3 is 0 Å². The third-order valence-electron chi connectivity index (χ3n) is 8.01. The van der Waals surface area contributed by atoms with Crippen LogP contribution < -0.4 is 4.72 Å². The van der Waals surface area contributed by atoms with Crippen molar-refractivity contribution in [2.45, 2.75) is 64.2 Å². The van der Waals surface area contributed by atoms with Crippen molar-refractivity contribution >= 4 is 34.6 Å². The molecule has 3 fully saturated rings. The molecule has 32 heavy (non-hydrogen) atoms. The zero-order chi connectivity index (χ0) is 22.1. The molecule has 5 rings (SSSR count). The molecule has 1 amide bonds. The minimum atomic E-state index is 0.304. The molecule has 6 heteroatoms. The second-order valence-corrected chi connectivity index (χ2v) is 11.2. The number of anilines is 1. The smallest absolute Gasteiger partial charge is 0.225 e. The fourth-order valence-electron chi connectivity index (χ4n) is 5.85. The summed E-state index contributed by atoms with van der Waals surface area (Å²) in [6.45, 7) is 6.51. The van der Waals surface area contributed by atoms with Gasteiger partial charge in [-0.05, 0) is 74.1 Å². The van der Waals surface area contributed by atoms with Gasteiger partial charge in [-0.15, -0.1) is 0 Å². The third kappa shape index (κ3) is 4.67. The number of fused-ring (bicyclic) bond motifs is 1. The number of carbonyl (C=O) groups is 1. The maximum Gasteiger partial charge on any atom is 0.225 e. The van der Waals surface area contributed by atoms with E-state index in [-0.39, 0.29) is 0 Å². The molecule has 2 aromatic rings. The number of carbonyl (C=O) groups excluding carboxylic acids is 1. The predicted molar refractivity (Wildman–Crippen MR) is 135 cm³/mol. The topological polar surface area (TPSA) is 40.5 Å². The van der Waals surface area contributed by atoms with Crippen molar-refractivity contribution in [3.8, 4) is 0 Å². The Kier molecular flexibility index (Phi) is 6.70. The molecule has 3 aliphatic rings. The summed E-state index contributed by atoms with van der Waals surface area (Å²) in [5.74, 6) is 2.13. The van der Waals surface area contributed by atoms with Crippen LogP contribution in [0.2, 0.25) is 0 Å². The Morgan fingerprint density at radius 2 is 1.72 bits per heavy atom. The first-order valence-electron chi connectivity index (χ1n) is 12.6. The number of aryl methyl sites for hydroxylation is 1.